The molecule has 150 valence electrons. The number of amides is 3. The van der Waals surface area contributed by atoms with E-state index in [9.17, 15) is 9.59 Å². The molecule has 9 nitrogen and oxygen atoms in total. The first-order chi connectivity index (χ1) is 13.5. The Balaban J connectivity index is 1.55. The quantitative estimate of drug-likeness (QED) is 0.718. The van der Waals surface area contributed by atoms with Crippen molar-refractivity contribution in [2.24, 2.45) is 0 Å². The Morgan fingerprint density at radius 3 is 2.54 bits per heavy atom. The van der Waals surface area contributed by atoms with Gasteiger partial charge < -0.3 is 20.0 Å². The van der Waals surface area contributed by atoms with Gasteiger partial charge in [-0.1, -0.05) is 0 Å². The fourth-order valence-electron chi connectivity index (χ4n) is 3.25. The number of carbonyl (C=O) groups excluding carboxylic acids is 2. The van der Waals surface area contributed by atoms with E-state index in [1.165, 1.54) is 0 Å². The molecule has 2 aromatic heterocycles. The molecule has 0 unspecified atom stereocenters. The molecular weight excluding hydrogens is 360 g/mol. The van der Waals surface area contributed by atoms with Crippen molar-refractivity contribution in [1.29, 1.82) is 0 Å². The Labute approximate surface area is 164 Å². The van der Waals surface area contributed by atoms with Gasteiger partial charge in [-0.15, -0.1) is 0 Å². The molecule has 28 heavy (non-hydrogen) atoms. The number of anilines is 2. The highest BCUT2D eigenvalue weighted by atomic mass is 16.3. The molecule has 2 aromatic rings. The van der Waals surface area contributed by atoms with Gasteiger partial charge in [-0.3, -0.25) is 15.0 Å². The molecule has 0 saturated carbocycles. The van der Waals surface area contributed by atoms with E-state index < -0.39 is 0 Å². The van der Waals surface area contributed by atoms with Crippen molar-refractivity contribution in [3.8, 4) is 0 Å². The van der Waals surface area contributed by atoms with Crippen molar-refractivity contribution in [1.82, 2.24) is 20.5 Å². The van der Waals surface area contributed by atoms with Gasteiger partial charge in [0.2, 0.25) is 5.88 Å². The summed E-state index contributed by atoms with van der Waals surface area (Å²) in [5.74, 6) is 0.260. The standard InChI is InChI=1S/C19H26N6O3/c1-13-16(5-4-15(22-13)18(26)20-2)25-8-6-24(7-9-25)11-14-10-17(28-12-14)23-19(27)21-3/h4-5,10,12H,6-9,11H2,1-3H3,(H,20,26)(H2,21,23,27). The minimum atomic E-state index is -0.305. The Morgan fingerprint density at radius 1 is 1.14 bits per heavy atom. The SMILES string of the molecule is CNC(=O)Nc1cc(CN2CCN(c3ccc(C(=O)NC)nc3C)CC2)co1. The summed E-state index contributed by atoms with van der Waals surface area (Å²) in [4.78, 5) is 32.1. The van der Waals surface area contributed by atoms with Crippen LogP contribution in [0.15, 0.2) is 28.9 Å². The summed E-state index contributed by atoms with van der Waals surface area (Å²) in [6.45, 7) is 6.26. The third-order valence-electron chi connectivity index (χ3n) is 4.75. The van der Waals surface area contributed by atoms with E-state index in [2.05, 4.69) is 30.7 Å². The van der Waals surface area contributed by atoms with Gasteiger partial charge in [-0.05, 0) is 19.1 Å². The van der Waals surface area contributed by atoms with Crippen molar-refractivity contribution >= 4 is 23.5 Å². The molecule has 3 heterocycles. The molecule has 0 bridgehead atoms. The monoisotopic (exact) mass is 386 g/mol. The molecule has 3 rings (SSSR count). The average molecular weight is 386 g/mol. The second kappa shape index (κ2) is 8.75. The molecule has 0 radical (unpaired) electrons. The van der Waals surface area contributed by atoms with Crippen LogP contribution in [0.3, 0.4) is 0 Å². The summed E-state index contributed by atoms with van der Waals surface area (Å²) >= 11 is 0. The second-order valence-electron chi connectivity index (χ2n) is 6.67. The normalized spacial score (nSPS) is 14.6. The number of nitrogens with one attached hydrogen (secondary N) is 3. The highest BCUT2D eigenvalue weighted by Crippen LogP contribution is 2.22. The number of aromatic nitrogens is 1. The van der Waals surface area contributed by atoms with Crippen LogP contribution in [-0.4, -0.2) is 62.1 Å². The van der Waals surface area contributed by atoms with Crippen molar-refractivity contribution in [2.45, 2.75) is 13.5 Å². The smallest absolute Gasteiger partial charge is 0.321 e. The first-order valence-corrected chi connectivity index (χ1v) is 9.23. The largest absolute Gasteiger partial charge is 0.448 e. The molecule has 1 fully saturated rings. The van der Waals surface area contributed by atoms with Crippen molar-refractivity contribution in [2.75, 3.05) is 50.5 Å². The summed E-state index contributed by atoms with van der Waals surface area (Å²) in [7, 11) is 3.16. The number of piperazine rings is 1. The Hall–Kier alpha value is -3.07. The van der Waals surface area contributed by atoms with Gasteiger partial charge in [0.25, 0.3) is 5.91 Å². The highest BCUT2D eigenvalue weighted by molar-refractivity contribution is 5.92. The molecule has 3 amide bonds. The van der Waals surface area contributed by atoms with Crippen LogP contribution in [0, 0.1) is 6.92 Å². The Morgan fingerprint density at radius 2 is 1.89 bits per heavy atom. The molecule has 0 atom stereocenters. The van der Waals surface area contributed by atoms with Crippen LogP contribution >= 0.6 is 0 Å². The van der Waals surface area contributed by atoms with Gasteiger partial charge in [-0.2, -0.15) is 0 Å². The molecule has 1 aliphatic heterocycles. The lowest BCUT2D eigenvalue weighted by Gasteiger charge is -2.36. The van der Waals surface area contributed by atoms with E-state index >= 15 is 0 Å². The van der Waals surface area contributed by atoms with Crippen molar-refractivity contribution < 1.29 is 14.0 Å². The average Bonchev–Trinajstić information content (AvgIpc) is 3.14. The molecule has 0 spiro atoms. The van der Waals surface area contributed by atoms with E-state index in [4.69, 9.17) is 4.42 Å². The molecule has 9 heteroatoms. The maximum Gasteiger partial charge on any atom is 0.321 e. The summed E-state index contributed by atoms with van der Waals surface area (Å²) in [5.41, 5.74) is 3.37. The Kier molecular flexibility index (Phi) is 6.15. The Bertz CT molecular complexity index is 842. The van der Waals surface area contributed by atoms with Gasteiger partial charge in [0.15, 0.2) is 0 Å². The van der Waals surface area contributed by atoms with Gasteiger partial charge in [-0.25, -0.2) is 9.78 Å². The first kappa shape index (κ1) is 19.7. The van der Waals surface area contributed by atoms with Gasteiger partial charge in [0.1, 0.15) is 5.69 Å². The van der Waals surface area contributed by atoms with E-state index in [-0.39, 0.29) is 11.9 Å². The number of furan rings is 1. The number of hydrogen-bond donors (Lipinski definition) is 3. The number of aryl methyl sites for hydroxylation is 1. The predicted molar refractivity (Wildman–Crippen MR) is 107 cm³/mol. The van der Waals surface area contributed by atoms with E-state index in [1.807, 2.05) is 19.1 Å². The van der Waals surface area contributed by atoms with Gasteiger partial charge in [0.05, 0.1) is 17.6 Å². The lowest BCUT2D eigenvalue weighted by molar-refractivity contribution is 0.0958. The number of urea groups is 1. The van der Waals surface area contributed by atoms with Crippen LogP contribution in [0.2, 0.25) is 0 Å². The highest BCUT2D eigenvalue weighted by Gasteiger charge is 2.20. The third kappa shape index (κ3) is 4.61. The minimum absolute atomic E-state index is 0.176. The van der Waals surface area contributed by atoms with Crippen molar-refractivity contribution in [3.63, 3.8) is 0 Å². The number of nitrogens with zero attached hydrogens (tertiary/aromatic N) is 3. The number of rotatable bonds is 5. The first-order valence-electron chi connectivity index (χ1n) is 9.23. The summed E-state index contributed by atoms with van der Waals surface area (Å²) in [6.07, 6.45) is 1.67. The summed E-state index contributed by atoms with van der Waals surface area (Å²) in [6, 6.07) is 5.27. The molecule has 1 aliphatic rings. The maximum absolute atomic E-state index is 11.7. The zero-order chi connectivity index (χ0) is 20.1. The van der Waals surface area contributed by atoms with Crippen LogP contribution in [0.5, 0.6) is 0 Å². The fourth-order valence-corrected chi connectivity index (χ4v) is 3.25. The third-order valence-corrected chi connectivity index (χ3v) is 4.75. The van der Waals surface area contributed by atoms with Crippen LogP contribution in [0.25, 0.3) is 0 Å². The summed E-state index contributed by atoms with van der Waals surface area (Å²) < 4.78 is 5.37. The molecular formula is C19H26N6O3. The number of carbonyl (C=O) groups is 2. The topological polar surface area (TPSA) is 103 Å². The zero-order valence-corrected chi connectivity index (χ0v) is 16.4. The minimum Gasteiger partial charge on any atom is -0.448 e. The lowest BCUT2D eigenvalue weighted by atomic mass is 10.2. The lowest BCUT2D eigenvalue weighted by Crippen LogP contribution is -2.46. The van der Waals surface area contributed by atoms with Gasteiger partial charge in [0, 0.05) is 58.4 Å². The van der Waals surface area contributed by atoms with Gasteiger partial charge >= 0.3 is 6.03 Å². The maximum atomic E-state index is 11.7. The molecule has 3 N–H and O–H groups in total. The molecule has 1 saturated heterocycles. The van der Waals surface area contributed by atoms with Crippen molar-refractivity contribution in [3.05, 3.63) is 41.4 Å². The number of pyridine rings is 1. The fraction of sp³-hybridized carbons (Fsp3) is 0.421. The van der Waals surface area contributed by atoms with Crippen LogP contribution in [0.1, 0.15) is 21.7 Å². The van der Waals surface area contributed by atoms with Crippen LogP contribution in [-0.2, 0) is 6.54 Å². The van der Waals surface area contributed by atoms with Crippen LogP contribution < -0.4 is 20.9 Å². The number of hydrogen-bond acceptors (Lipinski definition) is 6. The molecule has 0 aliphatic carbocycles. The molecule has 0 aromatic carbocycles. The van der Waals surface area contributed by atoms with E-state index in [0.29, 0.717) is 11.6 Å². The second-order valence-corrected chi connectivity index (χ2v) is 6.67. The zero-order valence-electron chi connectivity index (χ0n) is 16.4. The van der Waals surface area contributed by atoms with Crippen LogP contribution in [0.4, 0.5) is 16.4 Å². The predicted octanol–water partition coefficient (Wildman–Crippen LogP) is 1.42. The van der Waals surface area contributed by atoms with E-state index in [1.54, 1.807) is 26.4 Å². The van der Waals surface area contributed by atoms with E-state index in [0.717, 1.165) is 49.7 Å². The summed E-state index contributed by atoms with van der Waals surface area (Å²) in [5, 5.41) is 7.71.